The maximum Gasteiger partial charge on any atom is 0.180 e. The molecule has 2 rings (SSSR count). The molecule has 3 nitrogen and oxygen atoms in total. The largest absolute Gasteiger partial charge is 0.493 e. The Bertz CT molecular complexity index is 747. The van der Waals surface area contributed by atoms with Gasteiger partial charge in [-0.1, -0.05) is 47.8 Å². The van der Waals surface area contributed by atoms with E-state index in [1.54, 1.807) is 37.6 Å². The summed E-state index contributed by atoms with van der Waals surface area (Å²) in [5.74, 6) is 1.09. The van der Waals surface area contributed by atoms with E-state index in [9.17, 15) is 0 Å². The molecule has 1 atom stereocenters. The third kappa shape index (κ3) is 4.56. The van der Waals surface area contributed by atoms with Crippen LogP contribution in [0.4, 0.5) is 5.69 Å². The van der Waals surface area contributed by atoms with Crippen molar-refractivity contribution in [3.05, 3.63) is 51.0 Å². The van der Waals surface area contributed by atoms with Crippen molar-refractivity contribution in [3.8, 4) is 11.5 Å². The minimum absolute atomic E-state index is 0.0428. The van der Waals surface area contributed by atoms with Gasteiger partial charge in [-0.3, -0.25) is 4.99 Å². The average Bonchev–Trinajstić information content (AvgIpc) is 2.57. The van der Waals surface area contributed by atoms with Crippen molar-refractivity contribution in [3.63, 3.8) is 0 Å². The van der Waals surface area contributed by atoms with Crippen molar-refractivity contribution in [1.29, 1.82) is 0 Å². The maximum absolute atomic E-state index is 6.34. The number of hydrogen-bond donors (Lipinski definition) is 0. The van der Waals surface area contributed by atoms with E-state index in [1.165, 1.54) is 0 Å². The molecule has 2 aromatic carbocycles. The topological polar surface area (TPSA) is 30.8 Å². The van der Waals surface area contributed by atoms with Gasteiger partial charge in [0.2, 0.25) is 0 Å². The summed E-state index contributed by atoms with van der Waals surface area (Å²) in [6.07, 6.45) is 2.57. The van der Waals surface area contributed by atoms with Gasteiger partial charge < -0.3 is 9.47 Å². The monoisotopic (exact) mass is 385 g/mol. The fourth-order valence-corrected chi connectivity index (χ4v) is 2.56. The Morgan fingerprint density at radius 3 is 2.58 bits per heavy atom. The van der Waals surface area contributed by atoms with Crippen LogP contribution in [0.5, 0.6) is 11.5 Å². The molecule has 0 bridgehead atoms. The van der Waals surface area contributed by atoms with Crippen LogP contribution in [0.3, 0.4) is 0 Å². The van der Waals surface area contributed by atoms with E-state index in [0.29, 0.717) is 32.3 Å². The summed E-state index contributed by atoms with van der Waals surface area (Å²) in [6, 6.07) is 8.86. The van der Waals surface area contributed by atoms with Crippen LogP contribution in [0.2, 0.25) is 15.1 Å². The summed E-state index contributed by atoms with van der Waals surface area (Å²) in [7, 11) is 1.57. The Balaban J connectivity index is 2.33. The van der Waals surface area contributed by atoms with Crippen molar-refractivity contribution < 1.29 is 9.47 Å². The highest BCUT2D eigenvalue weighted by molar-refractivity contribution is 6.43. The first-order valence-corrected chi connectivity index (χ1v) is 8.61. The Morgan fingerprint density at radius 2 is 1.92 bits per heavy atom. The van der Waals surface area contributed by atoms with E-state index < -0.39 is 0 Å². The Kier molecular flexibility index (Phi) is 6.79. The predicted octanol–water partition coefficient (Wildman–Crippen LogP) is 6.58. The van der Waals surface area contributed by atoms with Gasteiger partial charge in [0.1, 0.15) is 0 Å². The van der Waals surface area contributed by atoms with Gasteiger partial charge in [-0.25, -0.2) is 0 Å². The molecule has 0 unspecified atom stereocenters. The summed E-state index contributed by atoms with van der Waals surface area (Å²) in [5.41, 5.74) is 1.35. The second kappa shape index (κ2) is 8.61. The Hall–Kier alpha value is -1.42. The normalized spacial score (nSPS) is 12.4. The van der Waals surface area contributed by atoms with E-state index in [2.05, 4.69) is 4.99 Å². The molecule has 0 aromatic heterocycles. The highest BCUT2D eigenvalue weighted by Gasteiger charge is 2.14. The van der Waals surface area contributed by atoms with Crippen LogP contribution >= 0.6 is 34.8 Å². The van der Waals surface area contributed by atoms with Crippen molar-refractivity contribution >= 4 is 46.7 Å². The molecule has 0 amide bonds. The first kappa shape index (κ1) is 18.9. The van der Waals surface area contributed by atoms with Crippen LogP contribution in [-0.4, -0.2) is 19.4 Å². The van der Waals surface area contributed by atoms with Gasteiger partial charge in [0, 0.05) is 6.21 Å². The van der Waals surface area contributed by atoms with E-state index >= 15 is 0 Å². The predicted molar refractivity (Wildman–Crippen MR) is 102 cm³/mol. The number of hydrogen-bond acceptors (Lipinski definition) is 3. The molecule has 0 saturated heterocycles. The zero-order valence-corrected chi connectivity index (χ0v) is 15.9. The summed E-state index contributed by atoms with van der Waals surface area (Å²) >= 11 is 18.5. The summed E-state index contributed by atoms with van der Waals surface area (Å²) in [6.45, 7) is 4.02. The van der Waals surface area contributed by atoms with Crippen molar-refractivity contribution in [2.24, 2.45) is 4.99 Å². The molecular weight excluding hydrogens is 369 g/mol. The van der Waals surface area contributed by atoms with Crippen LogP contribution in [0, 0.1) is 0 Å². The van der Waals surface area contributed by atoms with Crippen LogP contribution in [-0.2, 0) is 0 Å². The van der Waals surface area contributed by atoms with E-state index in [1.807, 2.05) is 19.9 Å². The third-order valence-electron chi connectivity index (χ3n) is 3.43. The summed E-state index contributed by atoms with van der Waals surface area (Å²) in [4.78, 5) is 4.36. The second-order valence-electron chi connectivity index (χ2n) is 5.20. The van der Waals surface area contributed by atoms with Crippen LogP contribution in [0.1, 0.15) is 25.8 Å². The second-order valence-corrected chi connectivity index (χ2v) is 6.39. The molecule has 0 heterocycles. The third-order valence-corrected chi connectivity index (χ3v) is 4.52. The number of halogens is 3. The van der Waals surface area contributed by atoms with Gasteiger partial charge in [0.25, 0.3) is 0 Å². The van der Waals surface area contributed by atoms with Gasteiger partial charge in [-0.2, -0.15) is 0 Å². The zero-order valence-electron chi connectivity index (χ0n) is 13.6. The lowest BCUT2D eigenvalue weighted by atomic mass is 10.2. The number of aliphatic imine (C=N–C) groups is 1. The first-order chi connectivity index (χ1) is 11.5. The van der Waals surface area contributed by atoms with Crippen LogP contribution in [0.15, 0.2) is 35.3 Å². The number of ether oxygens (including phenoxy) is 2. The standard InChI is InChI=1S/C18H18Cl3NO2/c1-4-11(2)24-18-14(20)8-12(9-16(18)23-3)10-22-15-7-5-6-13(19)17(15)21/h5-11H,4H2,1-3H3/t11-/m0/s1. The smallest absolute Gasteiger partial charge is 0.180 e. The van der Waals surface area contributed by atoms with Gasteiger partial charge in [-0.15, -0.1) is 0 Å². The molecule has 2 aromatic rings. The van der Waals surface area contributed by atoms with Crippen molar-refractivity contribution in [1.82, 2.24) is 0 Å². The van der Waals surface area contributed by atoms with Crippen LogP contribution in [0.25, 0.3) is 0 Å². The Labute approximate surface area is 157 Å². The summed E-state index contributed by atoms with van der Waals surface area (Å²) in [5, 5.41) is 1.33. The Morgan fingerprint density at radius 1 is 1.17 bits per heavy atom. The number of benzene rings is 2. The molecule has 24 heavy (non-hydrogen) atoms. The maximum atomic E-state index is 6.34. The minimum Gasteiger partial charge on any atom is -0.493 e. The summed E-state index contributed by atoms with van der Waals surface area (Å²) < 4.78 is 11.2. The van der Waals surface area contributed by atoms with Gasteiger partial charge in [-0.05, 0) is 43.2 Å². The number of rotatable bonds is 6. The number of methoxy groups -OCH3 is 1. The molecule has 0 aliphatic heterocycles. The average molecular weight is 387 g/mol. The minimum atomic E-state index is 0.0428. The molecule has 0 aliphatic carbocycles. The SMILES string of the molecule is CC[C@H](C)Oc1c(Cl)cc(C=Nc2cccc(Cl)c2Cl)cc1OC. The van der Waals surface area contributed by atoms with Crippen LogP contribution < -0.4 is 9.47 Å². The van der Waals surface area contributed by atoms with E-state index in [4.69, 9.17) is 44.3 Å². The lowest BCUT2D eigenvalue weighted by Crippen LogP contribution is -2.11. The fourth-order valence-electron chi connectivity index (χ4n) is 1.95. The molecule has 0 N–H and O–H groups in total. The molecule has 0 fully saturated rings. The molecule has 6 heteroatoms. The highest BCUT2D eigenvalue weighted by atomic mass is 35.5. The van der Waals surface area contributed by atoms with Crippen molar-refractivity contribution in [2.45, 2.75) is 26.4 Å². The lowest BCUT2D eigenvalue weighted by Gasteiger charge is -2.17. The molecule has 0 saturated carbocycles. The van der Waals surface area contributed by atoms with Gasteiger partial charge in [0.05, 0.1) is 34.0 Å². The van der Waals surface area contributed by atoms with Crippen molar-refractivity contribution in [2.75, 3.05) is 7.11 Å². The molecule has 0 spiro atoms. The quantitative estimate of drug-likeness (QED) is 0.525. The van der Waals surface area contributed by atoms with Gasteiger partial charge >= 0.3 is 0 Å². The lowest BCUT2D eigenvalue weighted by molar-refractivity contribution is 0.208. The van der Waals surface area contributed by atoms with Gasteiger partial charge in [0.15, 0.2) is 11.5 Å². The van der Waals surface area contributed by atoms with E-state index in [0.717, 1.165) is 12.0 Å². The fraction of sp³-hybridized carbons (Fsp3) is 0.278. The molecule has 0 aliphatic rings. The van der Waals surface area contributed by atoms with E-state index in [-0.39, 0.29) is 6.10 Å². The zero-order chi connectivity index (χ0) is 17.7. The first-order valence-electron chi connectivity index (χ1n) is 7.48. The molecule has 0 radical (unpaired) electrons. The molecule has 128 valence electrons. The molecular formula is C18H18Cl3NO2. The highest BCUT2D eigenvalue weighted by Crippen LogP contribution is 2.37. The number of nitrogens with zero attached hydrogens (tertiary/aromatic N) is 1.